The summed E-state index contributed by atoms with van der Waals surface area (Å²) in [5, 5.41) is 2.81. The van der Waals surface area contributed by atoms with Gasteiger partial charge in [0.05, 0.1) is 6.26 Å². The normalized spacial score (nSPS) is 11.3. The number of carbonyl (C=O) groups excluding carboxylic acids is 1. The lowest BCUT2D eigenvalue weighted by molar-refractivity contribution is -0.111. The molecule has 0 radical (unpaired) electrons. The third-order valence-corrected chi connectivity index (χ3v) is 4.16. The molecule has 0 spiro atoms. The number of aryl methyl sites for hydroxylation is 2. The van der Waals surface area contributed by atoms with Crippen LogP contribution in [-0.4, -0.2) is 10.9 Å². The van der Waals surface area contributed by atoms with Crippen molar-refractivity contribution in [1.82, 2.24) is 4.98 Å². The summed E-state index contributed by atoms with van der Waals surface area (Å²) in [4.78, 5) is 16.6. The molecule has 0 aliphatic carbocycles. The molecule has 1 N–H and O–H groups in total. The SMILES string of the molecule is Cc1cc(C)c2oc(-c3ccc(NC(=O)C=Cc4ccco4)cc3)nc2c1. The van der Waals surface area contributed by atoms with Crippen molar-refractivity contribution < 1.29 is 13.6 Å². The molecule has 5 heteroatoms. The van der Waals surface area contributed by atoms with E-state index in [0.29, 0.717) is 17.3 Å². The van der Waals surface area contributed by atoms with Gasteiger partial charge in [-0.15, -0.1) is 0 Å². The highest BCUT2D eigenvalue weighted by Crippen LogP contribution is 2.28. The minimum atomic E-state index is -0.230. The summed E-state index contributed by atoms with van der Waals surface area (Å²) < 4.78 is 11.1. The minimum absolute atomic E-state index is 0.230. The Morgan fingerprint density at radius 3 is 2.67 bits per heavy atom. The van der Waals surface area contributed by atoms with Crippen molar-refractivity contribution in [1.29, 1.82) is 0 Å². The number of nitrogens with zero attached hydrogens (tertiary/aromatic N) is 1. The molecular formula is C22H18N2O3. The summed E-state index contributed by atoms with van der Waals surface area (Å²) in [6.07, 6.45) is 4.61. The highest BCUT2D eigenvalue weighted by molar-refractivity contribution is 6.01. The van der Waals surface area contributed by atoms with E-state index in [-0.39, 0.29) is 5.91 Å². The topological polar surface area (TPSA) is 68.3 Å². The quantitative estimate of drug-likeness (QED) is 0.499. The number of anilines is 1. The number of rotatable bonds is 4. The molecule has 0 bridgehead atoms. The van der Waals surface area contributed by atoms with E-state index in [1.165, 1.54) is 6.08 Å². The van der Waals surface area contributed by atoms with Gasteiger partial charge in [0.25, 0.3) is 0 Å². The number of amides is 1. The number of nitrogens with one attached hydrogen (secondary N) is 1. The summed E-state index contributed by atoms with van der Waals surface area (Å²) in [7, 11) is 0. The summed E-state index contributed by atoms with van der Waals surface area (Å²) in [6.45, 7) is 4.05. The van der Waals surface area contributed by atoms with Gasteiger partial charge in [-0.2, -0.15) is 0 Å². The van der Waals surface area contributed by atoms with Crippen LogP contribution >= 0.6 is 0 Å². The Hall–Kier alpha value is -3.60. The molecule has 2 aromatic heterocycles. The average molecular weight is 358 g/mol. The van der Waals surface area contributed by atoms with Gasteiger partial charge in [-0.3, -0.25) is 4.79 Å². The average Bonchev–Trinajstić information content (AvgIpc) is 3.30. The van der Waals surface area contributed by atoms with E-state index in [4.69, 9.17) is 8.83 Å². The van der Waals surface area contributed by atoms with Gasteiger partial charge in [-0.05, 0) is 73.5 Å². The number of fused-ring (bicyclic) bond motifs is 1. The van der Waals surface area contributed by atoms with Crippen LogP contribution in [0, 0.1) is 13.8 Å². The predicted molar refractivity (Wildman–Crippen MR) is 105 cm³/mol. The Kier molecular flexibility index (Phi) is 4.34. The van der Waals surface area contributed by atoms with Crippen molar-refractivity contribution in [3.63, 3.8) is 0 Å². The Bertz CT molecular complexity index is 1120. The molecule has 4 rings (SSSR count). The number of furan rings is 1. The van der Waals surface area contributed by atoms with Gasteiger partial charge in [0.15, 0.2) is 5.58 Å². The number of oxazole rings is 1. The summed E-state index contributed by atoms with van der Waals surface area (Å²) in [6, 6.07) is 15.0. The van der Waals surface area contributed by atoms with Crippen molar-refractivity contribution in [3.8, 4) is 11.5 Å². The van der Waals surface area contributed by atoms with E-state index in [0.717, 1.165) is 27.8 Å². The Labute approximate surface area is 156 Å². The molecule has 2 heterocycles. The van der Waals surface area contributed by atoms with Gasteiger partial charge < -0.3 is 14.2 Å². The number of hydrogen-bond acceptors (Lipinski definition) is 4. The van der Waals surface area contributed by atoms with Crippen molar-refractivity contribution in [3.05, 3.63) is 77.8 Å². The number of benzene rings is 2. The lowest BCUT2D eigenvalue weighted by Gasteiger charge is -2.02. The summed E-state index contributed by atoms with van der Waals surface area (Å²) in [5.74, 6) is 0.961. The third kappa shape index (κ3) is 3.67. The predicted octanol–water partition coefficient (Wildman–Crippen LogP) is 5.36. The molecule has 0 atom stereocenters. The molecule has 0 saturated heterocycles. The maximum Gasteiger partial charge on any atom is 0.248 e. The van der Waals surface area contributed by atoms with Gasteiger partial charge in [0.1, 0.15) is 11.3 Å². The molecule has 0 aliphatic rings. The first-order valence-electron chi connectivity index (χ1n) is 8.59. The Morgan fingerprint density at radius 2 is 1.93 bits per heavy atom. The fourth-order valence-corrected chi connectivity index (χ4v) is 2.92. The van der Waals surface area contributed by atoms with Crippen LogP contribution in [0.25, 0.3) is 28.6 Å². The van der Waals surface area contributed by atoms with E-state index in [9.17, 15) is 4.79 Å². The lowest BCUT2D eigenvalue weighted by atomic mass is 10.1. The van der Waals surface area contributed by atoms with Crippen molar-refractivity contribution in [2.24, 2.45) is 0 Å². The smallest absolute Gasteiger partial charge is 0.248 e. The molecule has 1 amide bonds. The zero-order valence-electron chi connectivity index (χ0n) is 15.0. The van der Waals surface area contributed by atoms with E-state index in [1.54, 1.807) is 24.5 Å². The standard InChI is InChI=1S/C22H18N2O3/c1-14-12-15(2)21-19(13-14)24-22(27-21)16-5-7-17(8-6-16)23-20(25)10-9-18-4-3-11-26-18/h3-13H,1-2H3,(H,23,25). The fourth-order valence-electron chi connectivity index (χ4n) is 2.92. The fraction of sp³-hybridized carbons (Fsp3) is 0.0909. The largest absolute Gasteiger partial charge is 0.465 e. The zero-order chi connectivity index (χ0) is 18.8. The Balaban J connectivity index is 1.50. The second-order valence-corrected chi connectivity index (χ2v) is 6.36. The molecule has 0 saturated carbocycles. The third-order valence-electron chi connectivity index (χ3n) is 4.16. The monoisotopic (exact) mass is 358 g/mol. The van der Waals surface area contributed by atoms with Crippen LogP contribution in [0.4, 0.5) is 5.69 Å². The second-order valence-electron chi connectivity index (χ2n) is 6.36. The highest BCUT2D eigenvalue weighted by atomic mass is 16.3. The first kappa shape index (κ1) is 16.8. The van der Waals surface area contributed by atoms with Gasteiger partial charge in [0.2, 0.25) is 11.8 Å². The second kappa shape index (κ2) is 6.96. The number of aromatic nitrogens is 1. The molecule has 0 fully saturated rings. The van der Waals surface area contributed by atoms with Crippen molar-refractivity contribution in [2.45, 2.75) is 13.8 Å². The minimum Gasteiger partial charge on any atom is -0.465 e. The zero-order valence-corrected chi connectivity index (χ0v) is 15.0. The molecule has 2 aromatic carbocycles. The van der Waals surface area contributed by atoms with E-state index in [2.05, 4.69) is 16.4 Å². The van der Waals surface area contributed by atoms with Crippen molar-refractivity contribution >= 4 is 28.8 Å². The van der Waals surface area contributed by atoms with Crippen LogP contribution in [0.2, 0.25) is 0 Å². The van der Waals surface area contributed by atoms with Crippen LogP contribution in [-0.2, 0) is 4.79 Å². The van der Waals surface area contributed by atoms with E-state index < -0.39 is 0 Å². The first-order valence-corrected chi connectivity index (χ1v) is 8.59. The van der Waals surface area contributed by atoms with Gasteiger partial charge in [-0.1, -0.05) is 6.07 Å². The molecule has 0 unspecified atom stereocenters. The van der Waals surface area contributed by atoms with Crippen LogP contribution in [0.5, 0.6) is 0 Å². The van der Waals surface area contributed by atoms with Crippen LogP contribution in [0.3, 0.4) is 0 Å². The number of hydrogen-bond donors (Lipinski definition) is 1. The molecule has 5 nitrogen and oxygen atoms in total. The van der Waals surface area contributed by atoms with Crippen molar-refractivity contribution in [2.75, 3.05) is 5.32 Å². The molecule has 27 heavy (non-hydrogen) atoms. The maximum atomic E-state index is 12.0. The first-order chi connectivity index (χ1) is 13.1. The highest BCUT2D eigenvalue weighted by Gasteiger charge is 2.11. The molecule has 4 aromatic rings. The Morgan fingerprint density at radius 1 is 1.11 bits per heavy atom. The van der Waals surface area contributed by atoms with E-state index in [1.807, 2.05) is 44.2 Å². The van der Waals surface area contributed by atoms with Gasteiger partial charge >= 0.3 is 0 Å². The van der Waals surface area contributed by atoms with Gasteiger partial charge in [-0.25, -0.2) is 4.98 Å². The molecular weight excluding hydrogens is 340 g/mol. The van der Waals surface area contributed by atoms with Crippen LogP contribution in [0.15, 0.2) is 69.7 Å². The summed E-state index contributed by atoms with van der Waals surface area (Å²) >= 11 is 0. The lowest BCUT2D eigenvalue weighted by Crippen LogP contribution is -2.07. The summed E-state index contributed by atoms with van der Waals surface area (Å²) in [5.41, 5.74) is 5.42. The maximum absolute atomic E-state index is 12.0. The number of carbonyl (C=O) groups is 1. The van der Waals surface area contributed by atoms with E-state index >= 15 is 0 Å². The van der Waals surface area contributed by atoms with Gasteiger partial charge in [0, 0.05) is 17.3 Å². The van der Waals surface area contributed by atoms with Crippen LogP contribution in [0.1, 0.15) is 16.9 Å². The molecule has 134 valence electrons. The van der Waals surface area contributed by atoms with Crippen LogP contribution < -0.4 is 5.32 Å². The molecule has 0 aliphatic heterocycles.